The minimum absolute atomic E-state index is 0.399. The zero-order valence-electron chi connectivity index (χ0n) is 12.9. The van der Waals surface area contributed by atoms with Gasteiger partial charge in [0, 0.05) is 12.2 Å². The van der Waals surface area contributed by atoms with Crippen molar-refractivity contribution < 1.29 is 4.74 Å². The van der Waals surface area contributed by atoms with Crippen LogP contribution in [0.15, 0.2) is 18.5 Å². The third kappa shape index (κ3) is 4.48. The second-order valence-corrected chi connectivity index (χ2v) is 5.88. The van der Waals surface area contributed by atoms with E-state index in [0.717, 1.165) is 24.7 Å². The molecule has 3 heteroatoms. The summed E-state index contributed by atoms with van der Waals surface area (Å²) in [7, 11) is 2.05. The second kappa shape index (κ2) is 8.25. The lowest BCUT2D eigenvalue weighted by Crippen LogP contribution is -2.21. The molecule has 1 heterocycles. The Labute approximate surface area is 123 Å². The molecule has 20 heavy (non-hydrogen) atoms. The Morgan fingerprint density at radius 1 is 1.30 bits per heavy atom. The molecule has 0 saturated heterocycles. The van der Waals surface area contributed by atoms with Gasteiger partial charge in [-0.15, -0.1) is 0 Å². The molecule has 1 aromatic heterocycles. The molecule has 1 aliphatic carbocycles. The van der Waals surface area contributed by atoms with E-state index in [1.54, 1.807) is 0 Å². The highest BCUT2D eigenvalue weighted by molar-refractivity contribution is 5.26. The molecule has 0 radical (unpaired) electrons. The molecule has 0 aromatic carbocycles. The van der Waals surface area contributed by atoms with Crippen LogP contribution in [0.1, 0.15) is 63.5 Å². The third-order valence-corrected chi connectivity index (χ3v) is 4.25. The first kappa shape index (κ1) is 15.3. The summed E-state index contributed by atoms with van der Waals surface area (Å²) in [5, 5.41) is 3.45. The lowest BCUT2D eigenvalue weighted by molar-refractivity contribution is 0.302. The summed E-state index contributed by atoms with van der Waals surface area (Å²) >= 11 is 0. The standard InChI is InChI=1S/C17H28N2O/c1-3-9-20-16-11-15(12-19-13-16)17(18-2)10-14-7-5-4-6-8-14/h11-14,17-18H,3-10H2,1-2H3. The summed E-state index contributed by atoms with van der Waals surface area (Å²) in [4.78, 5) is 4.33. The summed E-state index contributed by atoms with van der Waals surface area (Å²) in [5.74, 6) is 1.76. The number of aromatic nitrogens is 1. The van der Waals surface area contributed by atoms with Crippen LogP contribution in [0.5, 0.6) is 5.75 Å². The van der Waals surface area contributed by atoms with Gasteiger partial charge in [0.15, 0.2) is 0 Å². The smallest absolute Gasteiger partial charge is 0.137 e. The summed E-state index contributed by atoms with van der Waals surface area (Å²) < 4.78 is 5.69. The van der Waals surface area contributed by atoms with Crippen molar-refractivity contribution in [3.63, 3.8) is 0 Å². The first-order valence-electron chi connectivity index (χ1n) is 8.08. The van der Waals surface area contributed by atoms with Gasteiger partial charge in [-0.1, -0.05) is 39.0 Å². The number of rotatable bonds is 7. The Morgan fingerprint density at radius 3 is 2.80 bits per heavy atom. The fraction of sp³-hybridized carbons (Fsp3) is 0.706. The van der Waals surface area contributed by atoms with Gasteiger partial charge in [-0.25, -0.2) is 0 Å². The molecule has 1 saturated carbocycles. The van der Waals surface area contributed by atoms with Crippen molar-refractivity contribution in [2.24, 2.45) is 5.92 Å². The lowest BCUT2D eigenvalue weighted by Gasteiger charge is -2.26. The van der Waals surface area contributed by atoms with Crippen molar-refractivity contribution in [3.8, 4) is 5.75 Å². The summed E-state index contributed by atoms with van der Waals surface area (Å²) in [6, 6.07) is 2.54. The largest absolute Gasteiger partial charge is 0.492 e. The molecule has 1 fully saturated rings. The van der Waals surface area contributed by atoms with Gasteiger partial charge >= 0.3 is 0 Å². The molecule has 0 amide bonds. The van der Waals surface area contributed by atoms with E-state index < -0.39 is 0 Å². The predicted octanol–water partition coefficient (Wildman–Crippen LogP) is 4.10. The van der Waals surface area contributed by atoms with Crippen molar-refractivity contribution in [2.45, 2.75) is 57.9 Å². The topological polar surface area (TPSA) is 34.1 Å². The molecule has 2 rings (SSSR count). The molecule has 1 atom stereocenters. The normalized spacial score (nSPS) is 17.9. The van der Waals surface area contributed by atoms with E-state index in [9.17, 15) is 0 Å². The number of nitrogens with one attached hydrogen (secondary N) is 1. The van der Waals surface area contributed by atoms with Crippen molar-refractivity contribution in [1.29, 1.82) is 0 Å². The maximum absolute atomic E-state index is 5.69. The van der Waals surface area contributed by atoms with Crippen LogP contribution in [0.2, 0.25) is 0 Å². The van der Waals surface area contributed by atoms with E-state index in [1.807, 2.05) is 19.4 Å². The van der Waals surface area contributed by atoms with Crippen molar-refractivity contribution in [3.05, 3.63) is 24.0 Å². The van der Waals surface area contributed by atoms with Crippen molar-refractivity contribution in [1.82, 2.24) is 10.3 Å². The number of hydrogen-bond donors (Lipinski definition) is 1. The van der Waals surface area contributed by atoms with E-state index in [-0.39, 0.29) is 0 Å². The number of nitrogens with zero attached hydrogens (tertiary/aromatic N) is 1. The quantitative estimate of drug-likeness (QED) is 0.814. The highest BCUT2D eigenvalue weighted by Gasteiger charge is 2.19. The van der Waals surface area contributed by atoms with Gasteiger partial charge < -0.3 is 10.1 Å². The maximum atomic E-state index is 5.69. The Balaban J connectivity index is 1.98. The van der Waals surface area contributed by atoms with Crippen LogP contribution in [0.4, 0.5) is 0 Å². The van der Waals surface area contributed by atoms with E-state index in [0.29, 0.717) is 6.04 Å². The van der Waals surface area contributed by atoms with Crippen LogP contribution >= 0.6 is 0 Å². The van der Waals surface area contributed by atoms with Crippen LogP contribution in [-0.4, -0.2) is 18.6 Å². The molecule has 0 bridgehead atoms. The number of pyridine rings is 1. The highest BCUT2D eigenvalue weighted by atomic mass is 16.5. The van der Waals surface area contributed by atoms with Crippen LogP contribution in [0.25, 0.3) is 0 Å². The second-order valence-electron chi connectivity index (χ2n) is 5.88. The molecular formula is C17H28N2O. The van der Waals surface area contributed by atoms with Crippen LogP contribution in [0.3, 0.4) is 0 Å². The molecule has 0 aliphatic heterocycles. The third-order valence-electron chi connectivity index (χ3n) is 4.25. The highest BCUT2D eigenvalue weighted by Crippen LogP contribution is 2.32. The fourth-order valence-corrected chi connectivity index (χ4v) is 3.10. The van der Waals surface area contributed by atoms with Crippen molar-refractivity contribution >= 4 is 0 Å². The van der Waals surface area contributed by atoms with Gasteiger partial charge in [-0.05, 0) is 37.4 Å². The van der Waals surface area contributed by atoms with E-state index in [1.165, 1.54) is 44.1 Å². The zero-order valence-corrected chi connectivity index (χ0v) is 12.9. The molecular weight excluding hydrogens is 248 g/mol. The number of hydrogen-bond acceptors (Lipinski definition) is 3. The molecule has 0 spiro atoms. The zero-order chi connectivity index (χ0) is 14.2. The minimum Gasteiger partial charge on any atom is -0.492 e. The van der Waals surface area contributed by atoms with Gasteiger partial charge in [0.1, 0.15) is 5.75 Å². The van der Waals surface area contributed by atoms with Gasteiger partial charge in [-0.3, -0.25) is 4.98 Å². The van der Waals surface area contributed by atoms with Gasteiger partial charge in [0.25, 0.3) is 0 Å². The SMILES string of the molecule is CCCOc1cncc(C(CC2CCCCC2)NC)c1. The fourth-order valence-electron chi connectivity index (χ4n) is 3.10. The Morgan fingerprint density at radius 2 is 2.10 bits per heavy atom. The van der Waals surface area contributed by atoms with Crippen LogP contribution in [0, 0.1) is 5.92 Å². The molecule has 112 valence electrons. The van der Waals surface area contributed by atoms with Crippen LogP contribution in [-0.2, 0) is 0 Å². The number of ether oxygens (including phenoxy) is 1. The summed E-state index contributed by atoms with van der Waals surface area (Å²) in [5.41, 5.74) is 1.26. The first-order valence-corrected chi connectivity index (χ1v) is 8.08. The molecule has 1 aromatic rings. The van der Waals surface area contributed by atoms with E-state index in [4.69, 9.17) is 4.74 Å². The Kier molecular flexibility index (Phi) is 6.31. The molecule has 1 unspecified atom stereocenters. The monoisotopic (exact) mass is 276 g/mol. The molecule has 1 aliphatic rings. The molecule has 1 N–H and O–H groups in total. The first-order chi connectivity index (χ1) is 9.83. The Bertz CT molecular complexity index is 388. The van der Waals surface area contributed by atoms with E-state index >= 15 is 0 Å². The maximum Gasteiger partial charge on any atom is 0.137 e. The molecule has 3 nitrogen and oxygen atoms in total. The summed E-state index contributed by atoms with van der Waals surface area (Å²) in [6.45, 7) is 2.88. The average molecular weight is 276 g/mol. The average Bonchev–Trinajstić information content (AvgIpc) is 2.52. The van der Waals surface area contributed by atoms with E-state index in [2.05, 4.69) is 23.3 Å². The van der Waals surface area contributed by atoms with Crippen LogP contribution < -0.4 is 10.1 Å². The predicted molar refractivity (Wildman–Crippen MR) is 83.0 cm³/mol. The minimum atomic E-state index is 0.399. The van der Waals surface area contributed by atoms with Crippen molar-refractivity contribution in [2.75, 3.05) is 13.7 Å². The summed E-state index contributed by atoms with van der Waals surface area (Å²) in [6.07, 6.45) is 13.0. The lowest BCUT2D eigenvalue weighted by atomic mass is 9.83. The van der Waals surface area contributed by atoms with Gasteiger partial charge in [0.05, 0.1) is 12.8 Å². The Hall–Kier alpha value is -1.09. The van der Waals surface area contributed by atoms with Gasteiger partial charge in [-0.2, -0.15) is 0 Å². The van der Waals surface area contributed by atoms with Gasteiger partial charge in [0.2, 0.25) is 0 Å².